The van der Waals surface area contributed by atoms with Gasteiger partial charge in [-0.25, -0.2) is 4.79 Å². The number of halogens is 3. The zero-order valence-corrected chi connectivity index (χ0v) is 10.4. The predicted molar refractivity (Wildman–Crippen MR) is 58.6 cm³/mol. The smallest absolute Gasteiger partial charge is 0.458 e. The summed E-state index contributed by atoms with van der Waals surface area (Å²) in [6, 6.07) is -1.39. The molecule has 1 atom stereocenters. The van der Waals surface area contributed by atoms with Crippen LogP contribution in [0, 0.1) is 0 Å². The summed E-state index contributed by atoms with van der Waals surface area (Å²) >= 11 is 0. The van der Waals surface area contributed by atoms with E-state index in [1.165, 1.54) is 6.08 Å². The lowest BCUT2D eigenvalue weighted by molar-refractivity contribution is -0.177. The Morgan fingerprint density at radius 2 is 1.83 bits per heavy atom. The molecular formula is C11H16F3NO3. The lowest BCUT2D eigenvalue weighted by atomic mass is 10.1. The Kier molecular flexibility index (Phi) is 5.38. The lowest BCUT2D eigenvalue weighted by Crippen LogP contribution is -2.48. The van der Waals surface area contributed by atoms with Crippen molar-refractivity contribution < 1.29 is 27.5 Å². The Bertz CT molecular complexity index is 331. The van der Waals surface area contributed by atoms with E-state index in [-0.39, 0.29) is 6.42 Å². The fourth-order valence-corrected chi connectivity index (χ4v) is 0.994. The Labute approximate surface area is 103 Å². The molecular weight excluding hydrogens is 251 g/mol. The molecule has 0 aliphatic heterocycles. The third-order valence-corrected chi connectivity index (χ3v) is 1.66. The largest absolute Gasteiger partial charge is 0.471 e. The van der Waals surface area contributed by atoms with Gasteiger partial charge in [0.05, 0.1) is 0 Å². The summed E-state index contributed by atoms with van der Waals surface area (Å²) in [6.07, 6.45) is -3.95. The summed E-state index contributed by atoms with van der Waals surface area (Å²) in [7, 11) is 0. The van der Waals surface area contributed by atoms with Crippen LogP contribution >= 0.6 is 0 Å². The first-order chi connectivity index (χ1) is 7.97. The van der Waals surface area contributed by atoms with Crippen LogP contribution in [0.2, 0.25) is 0 Å². The minimum Gasteiger partial charge on any atom is -0.458 e. The Hall–Kier alpha value is -1.53. The fraction of sp³-hybridized carbons (Fsp3) is 0.636. The second-order valence-electron chi connectivity index (χ2n) is 4.58. The van der Waals surface area contributed by atoms with Gasteiger partial charge in [-0.2, -0.15) is 13.2 Å². The van der Waals surface area contributed by atoms with Crippen LogP contribution in [0.4, 0.5) is 13.2 Å². The fourth-order valence-electron chi connectivity index (χ4n) is 0.994. The lowest BCUT2D eigenvalue weighted by Gasteiger charge is -2.24. The number of esters is 1. The van der Waals surface area contributed by atoms with Gasteiger partial charge < -0.3 is 10.1 Å². The van der Waals surface area contributed by atoms with Gasteiger partial charge in [-0.3, -0.25) is 4.79 Å². The van der Waals surface area contributed by atoms with Crippen LogP contribution in [-0.4, -0.2) is 29.7 Å². The number of rotatable bonds is 4. The van der Waals surface area contributed by atoms with Crippen molar-refractivity contribution in [2.75, 3.05) is 0 Å². The van der Waals surface area contributed by atoms with Gasteiger partial charge in [0.15, 0.2) is 0 Å². The molecule has 1 N–H and O–H groups in total. The first-order valence-electron chi connectivity index (χ1n) is 5.19. The average molecular weight is 267 g/mol. The van der Waals surface area contributed by atoms with Crippen molar-refractivity contribution in [3.63, 3.8) is 0 Å². The third kappa shape index (κ3) is 6.27. The summed E-state index contributed by atoms with van der Waals surface area (Å²) in [6.45, 7) is 8.02. The van der Waals surface area contributed by atoms with Gasteiger partial charge in [0.2, 0.25) is 0 Å². The van der Waals surface area contributed by atoms with E-state index in [0.29, 0.717) is 0 Å². The Morgan fingerprint density at radius 3 is 2.17 bits per heavy atom. The van der Waals surface area contributed by atoms with E-state index < -0.39 is 29.7 Å². The number of ether oxygens (including phenoxy) is 1. The minimum absolute atomic E-state index is 0.142. The van der Waals surface area contributed by atoms with Gasteiger partial charge >= 0.3 is 18.1 Å². The molecule has 0 saturated carbocycles. The first-order valence-corrected chi connectivity index (χ1v) is 5.19. The van der Waals surface area contributed by atoms with Crippen LogP contribution in [0.25, 0.3) is 0 Å². The van der Waals surface area contributed by atoms with E-state index in [9.17, 15) is 22.8 Å². The highest BCUT2D eigenvalue weighted by Crippen LogP contribution is 2.16. The molecule has 0 radical (unpaired) electrons. The molecule has 0 rings (SSSR count). The van der Waals surface area contributed by atoms with E-state index in [4.69, 9.17) is 4.74 Å². The van der Waals surface area contributed by atoms with Crippen molar-refractivity contribution in [3.8, 4) is 0 Å². The molecule has 0 fully saturated rings. The van der Waals surface area contributed by atoms with Crippen molar-refractivity contribution in [2.24, 2.45) is 0 Å². The van der Waals surface area contributed by atoms with Crippen LogP contribution in [-0.2, 0) is 14.3 Å². The molecule has 7 heteroatoms. The molecule has 0 saturated heterocycles. The van der Waals surface area contributed by atoms with E-state index >= 15 is 0 Å². The molecule has 0 aromatic rings. The van der Waals surface area contributed by atoms with Gasteiger partial charge in [-0.1, -0.05) is 6.08 Å². The highest BCUT2D eigenvalue weighted by Gasteiger charge is 2.41. The van der Waals surface area contributed by atoms with Gasteiger partial charge in [-0.15, -0.1) is 6.58 Å². The van der Waals surface area contributed by atoms with Gasteiger partial charge in [0, 0.05) is 0 Å². The van der Waals surface area contributed by atoms with E-state index in [1.807, 2.05) is 0 Å². The molecule has 1 amide bonds. The summed E-state index contributed by atoms with van der Waals surface area (Å²) < 4.78 is 41.1. The first kappa shape index (κ1) is 16.5. The number of hydrogen-bond acceptors (Lipinski definition) is 3. The van der Waals surface area contributed by atoms with Crippen LogP contribution in [0.1, 0.15) is 27.2 Å². The number of amides is 1. The normalized spacial score (nSPS) is 13.7. The Balaban J connectivity index is 4.72. The number of hydrogen-bond donors (Lipinski definition) is 1. The maximum Gasteiger partial charge on any atom is 0.471 e. The molecule has 4 nitrogen and oxygen atoms in total. The molecule has 0 aromatic heterocycles. The number of carbonyl (C=O) groups is 2. The highest BCUT2D eigenvalue weighted by atomic mass is 19.4. The molecule has 0 aliphatic rings. The number of alkyl halides is 3. The molecule has 0 bridgehead atoms. The molecule has 0 spiro atoms. The molecule has 18 heavy (non-hydrogen) atoms. The van der Waals surface area contributed by atoms with Crippen molar-refractivity contribution in [2.45, 2.75) is 45.0 Å². The van der Waals surface area contributed by atoms with E-state index in [0.717, 1.165) is 0 Å². The highest BCUT2D eigenvalue weighted by molar-refractivity contribution is 5.87. The SMILES string of the molecule is C=CC[C@@H](NC(=O)C(F)(F)F)C(=O)OC(C)(C)C. The molecule has 0 aromatic carbocycles. The third-order valence-electron chi connectivity index (χ3n) is 1.66. The zero-order chi connectivity index (χ0) is 14.6. The monoisotopic (exact) mass is 267 g/mol. The summed E-state index contributed by atoms with van der Waals surface area (Å²) in [5.41, 5.74) is -0.848. The van der Waals surface area contributed by atoms with Crippen LogP contribution in [0.15, 0.2) is 12.7 Å². The van der Waals surface area contributed by atoms with E-state index in [1.54, 1.807) is 26.1 Å². The molecule has 0 heterocycles. The minimum atomic E-state index is -5.04. The van der Waals surface area contributed by atoms with Crippen molar-refractivity contribution in [3.05, 3.63) is 12.7 Å². The van der Waals surface area contributed by atoms with Gasteiger partial charge in [0.1, 0.15) is 11.6 Å². The second kappa shape index (κ2) is 5.88. The Morgan fingerprint density at radius 1 is 1.33 bits per heavy atom. The van der Waals surface area contributed by atoms with Gasteiger partial charge in [0.25, 0.3) is 0 Å². The quantitative estimate of drug-likeness (QED) is 0.625. The maximum absolute atomic E-state index is 12.1. The predicted octanol–water partition coefficient (Wildman–Crippen LogP) is 1.95. The van der Waals surface area contributed by atoms with Crippen LogP contribution in [0.3, 0.4) is 0 Å². The van der Waals surface area contributed by atoms with Crippen molar-refractivity contribution in [1.82, 2.24) is 5.32 Å². The molecule has 0 aliphatic carbocycles. The van der Waals surface area contributed by atoms with Crippen molar-refractivity contribution in [1.29, 1.82) is 0 Å². The summed E-state index contributed by atoms with van der Waals surface area (Å²) in [5.74, 6) is -3.11. The summed E-state index contributed by atoms with van der Waals surface area (Å²) in [5, 5.41) is 1.57. The second-order valence-corrected chi connectivity index (χ2v) is 4.58. The van der Waals surface area contributed by atoms with Crippen molar-refractivity contribution >= 4 is 11.9 Å². The standard InChI is InChI=1S/C11H16F3NO3/c1-5-6-7(8(16)18-10(2,3)4)15-9(17)11(12,13)14/h5,7H,1,6H2,2-4H3,(H,15,17)/t7-/m1/s1. The maximum atomic E-state index is 12.1. The zero-order valence-electron chi connectivity index (χ0n) is 10.4. The van der Waals surface area contributed by atoms with Gasteiger partial charge in [-0.05, 0) is 27.2 Å². The molecule has 0 unspecified atom stereocenters. The topological polar surface area (TPSA) is 55.4 Å². The summed E-state index contributed by atoms with van der Waals surface area (Å²) in [4.78, 5) is 22.3. The number of nitrogens with one attached hydrogen (secondary N) is 1. The van der Waals surface area contributed by atoms with Crippen LogP contribution in [0.5, 0.6) is 0 Å². The average Bonchev–Trinajstić information content (AvgIpc) is 2.12. The van der Waals surface area contributed by atoms with E-state index in [2.05, 4.69) is 6.58 Å². The van der Waals surface area contributed by atoms with Crippen LogP contribution < -0.4 is 5.32 Å². The number of carbonyl (C=O) groups excluding carboxylic acids is 2. The molecule has 104 valence electrons.